The van der Waals surface area contributed by atoms with E-state index in [4.69, 9.17) is 16.3 Å². The fourth-order valence-electron chi connectivity index (χ4n) is 2.76. The van der Waals surface area contributed by atoms with E-state index in [1.54, 1.807) is 48.5 Å². The van der Waals surface area contributed by atoms with Gasteiger partial charge in [-0.25, -0.2) is 0 Å². The van der Waals surface area contributed by atoms with E-state index in [1.807, 2.05) is 37.3 Å². The van der Waals surface area contributed by atoms with Crippen molar-refractivity contribution in [2.45, 2.75) is 13.0 Å². The Kier molecular flexibility index (Phi) is 6.87. The van der Waals surface area contributed by atoms with Crippen LogP contribution < -0.4 is 15.4 Å². The Hall–Kier alpha value is -3.31. The number of halogens is 1. The molecule has 29 heavy (non-hydrogen) atoms. The van der Waals surface area contributed by atoms with Gasteiger partial charge >= 0.3 is 0 Å². The average Bonchev–Trinajstić information content (AvgIpc) is 2.73. The van der Waals surface area contributed by atoms with Crippen LogP contribution in [0.2, 0.25) is 5.02 Å². The van der Waals surface area contributed by atoms with Crippen LogP contribution in [0.5, 0.6) is 5.75 Å². The molecule has 0 bridgehead atoms. The zero-order valence-electron chi connectivity index (χ0n) is 15.9. The molecule has 3 aromatic rings. The standard InChI is InChI=1S/C23H21ClN2O3/c1-16(17-11-13-18(24)14-12-17)25-22(27)15-29-21-10-6-5-9-20(21)23(28)26-19-7-3-2-4-8-19/h2-14,16H,15H2,1H3,(H,25,27)(H,26,28). The van der Waals surface area contributed by atoms with Crippen molar-refractivity contribution < 1.29 is 14.3 Å². The van der Waals surface area contributed by atoms with Gasteiger partial charge in [0.05, 0.1) is 11.6 Å². The van der Waals surface area contributed by atoms with Crippen molar-refractivity contribution in [3.63, 3.8) is 0 Å². The highest BCUT2D eigenvalue weighted by Gasteiger charge is 2.15. The Balaban J connectivity index is 1.59. The quantitative estimate of drug-likeness (QED) is 0.587. The van der Waals surface area contributed by atoms with Gasteiger partial charge in [0.15, 0.2) is 6.61 Å². The van der Waals surface area contributed by atoms with Crippen LogP contribution in [-0.2, 0) is 4.79 Å². The van der Waals surface area contributed by atoms with Gasteiger partial charge in [-0.15, -0.1) is 0 Å². The maximum Gasteiger partial charge on any atom is 0.259 e. The van der Waals surface area contributed by atoms with Crippen LogP contribution in [0.1, 0.15) is 28.9 Å². The zero-order chi connectivity index (χ0) is 20.6. The molecule has 0 radical (unpaired) electrons. The Morgan fingerprint density at radius 3 is 2.31 bits per heavy atom. The lowest BCUT2D eigenvalue weighted by molar-refractivity contribution is -0.123. The Morgan fingerprint density at radius 1 is 0.931 bits per heavy atom. The van der Waals surface area contributed by atoms with Crippen LogP contribution in [0.15, 0.2) is 78.9 Å². The summed E-state index contributed by atoms with van der Waals surface area (Å²) in [6.07, 6.45) is 0. The summed E-state index contributed by atoms with van der Waals surface area (Å²) in [5, 5.41) is 6.32. The highest BCUT2D eigenvalue weighted by atomic mass is 35.5. The number of anilines is 1. The van der Waals surface area contributed by atoms with Crippen LogP contribution in [0.4, 0.5) is 5.69 Å². The summed E-state index contributed by atoms with van der Waals surface area (Å²) in [5.41, 5.74) is 1.97. The van der Waals surface area contributed by atoms with Gasteiger partial charge in [-0.2, -0.15) is 0 Å². The van der Waals surface area contributed by atoms with Crippen LogP contribution in [-0.4, -0.2) is 18.4 Å². The van der Waals surface area contributed by atoms with E-state index >= 15 is 0 Å². The molecule has 0 spiro atoms. The van der Waals surface area contributed by atoms with E-state index in [2.05, 4.69) is 10.6 Å². The predicted octanol–water partition coefficient (Wildman–Crippen LogP) is 4.85. The summed E-state index contributed by atoms with van der Waals surface area (Å²) < 4.78 is 5.62. The van der Waals surface area contributed by atoms with Gasteiger partial charge in [-0.3, -0.25) is 9.59 Å². The monoisotopic (exact) mass is 408 g/mol. The van der Waals surface area contributed by atoms with Gasteiger partial charge < -0.3 is 15.4 Å². The first-order valence-electron chi connectivity index (χ1n) is 9.16. The molecule has 0 saturated carbocycles. The Morgan fingerprint density at radius 2 is 1.59 bits per heavy atom. The van der Waals surface area contributed by atoms with E-state index in [1.165, 1.54) is 0 Å². The molecule has 3 aromatic carbocycles. The van der Waals surface area contributed by atoms with E-state index in [0.717, 1.165) is 5.56 Å². The molecule has 0 aromatic heterocycles. The molecule has 0 heterocycles. The van der Waals surface area contributed by atoms with Gasteiger partial charge in [-0.05, 0) is 48.9 Å². The molecule has 0 fully saturated rings. The van der Waals surface area contributed by atoms with Gasteiger partial charge in [0.1, 0.15) is 5.75 Å². The highest BCUT2D eigenvalue weighted by Crippen LogP contribution is 2.20. The third kappa shape index (κ3) is 5.83. The van der Waals surface area contributed by atoms with Crippen LogP contribution in [0, 0.1) is 0 Å². The first-order valence-corrected chi connectivity index (χ1v) is 9.54. The number of carbonyl (C=O) groups excluding carboxylic acids is 2. The summed E-state index contributed by atoms with van der Waals surface area (Å²) in [6.45, 7) is 1.68. The predicted molar refractivity (Wildman–Crippen MR) is 114 cm³/mol. The Labute approximate surface area is 174 Å². The SMILES string of the molecule is CC(NC(=O)COc1ccccc1C(=O)Nc1ccccc1)c1ccc(Cl)cc1. The van der Waals surface area contributed by atoms with Crippen LogP contribution in [0.3, 0.4) is 0 Å². The third-order valence-electron chi connectivity index (χ3n) is 4.27. The van der Waals surface area contributed by atoms with Crippen LogP contribution >= 0.6 is 11.6 Å². The highest BCUT2D eigenvalue weighted by molar-refractivity contribution is 6.30. The lowest BCUT2D eigenvalue weighted by Gasteiger charge is -2.16. The molecule has 3 rings (SSSR count). The maximum absolute atomic E-state index is 12.6. The number of rotatable bonds is 7. The number of carbonyl (C=O) groups is 2. The fourth-order valence-corrected chi connectivity index (χ4v) is 2.89. The minimum Gasteiger partial charge on any atom is -0.483 e. The maximum atomic E-state index is 12.6. The van der Waals surface area contributed by atoms with Gasteiger partial charge in [0, 0.05) is 10.7 Å². The summed E-state index contributed by atoms with van der Waals surface area (Å²) in [6, 6.07) is 23.0. The van der Waals surface area contributed by atoms with Crippen molar-refractivity contribution >= 4 is 29.1 Å². The second-order valence-electron chi connectivity index (χ2n) is 6.45. The molecule has 5 nitrogen and oxygen atoms in total. The average molecular weight is 409 g/mol. The van der Waals surface area contributed by atoms with Crippen molar-refractivity contribution in [3.05, 3.63) is 95.0 Å². The molecule has 0 aliphatic heterocycles. The number of nitrogens with one attached hydrogen (secondary N) is 2. The molecule has 1 atom stereocenters. The molecule has 0 saturated heterocycles. The van der Waals surface area contributed by atoms with Gasteiger partial charge in [-0.1, -0.05) is 54.1 Å². The molecular weight excluding hydrogens is 388 g/mol. The summed E-state index contributed by atoms with van der Waals surface area (Å²) >= 11 is 5.89. The molecule has 1 unspecified atom stereocenters. The minimum absolute atomic E-state index is 0.194. The third-order valence-corrected chi connectivity index (χ3v) is 4.52. The Bertz CT molecular complexity index is 975. The van der Waals surface area contributed by atoms with E-state index < -0.39 is 0 Å². The molecule has 6 heteroatoms. The van der Waals surface area contributed by atoms with E-state index in [9.17, 15) is 9.59 Å². The minimum atomic E-state index is -0.304. The van der Waals surface area contributed by atoms with Gasteiger partial charge in [0.2, 0.25) is 0 Å². The summed E-state index contributed by atoms with van der Waals surface area (Å²) in [7, 11) is 0. The van der Waals surface area contributed by atoms with Crippen molar-refractivity contribution in [3.8, 4) is 5.75 Å². The van der Waals surface area contributed by atoms with E-state index in [0.29, 0.717) is 22.0 Å². The van der Waals surface area contributed by atoms with Crippen molar-refractivity contribution in [1.82, 2.24) is 5.32 Å². The lowest BCUT2D eigenvalue weighted by Crippen LogP contribution is -2.31. The molecular formula is C23H21ClN2O3. The lowest BCUT2D eigenvalue weighted by atomic mass is 10.1. The first-order chi connectivity index (χ1) is 14.0. The smallest absolute Gasteiger partial charge is 0.259 e. The van der Waals surface area contributed by atoms with Crippen LogP contribution in [0.25, 0.3) is 0 Å². The number of hydrogen-bond donors (Lipinski definition) is 2. The van der Waals surface area contributed by atoms with Crippen molar-refractivity contribution in [2.75, 3.05) is 11.9 Å². The molecule has 148 valence electrons. The van der Waals surface area contributed by atoms with E-state index in [-0.39, 0.29) is 24.5 Å². The summed E-state index contributed by atoms with van der Waals surface area (Å²) in [4.78, 5) is 24.8. The number of benzene rings is 3. The second-order valence-corrected chi connectivity index (χ2v) is 6.88. The fraction of sp³-hybridized carbons (Fsp3) is 0.130. The van der Waals surface area contributed by atoms with Gasteiger partial charge in [0.25, 0.3) is 11.8 Å². The number of para-hydroxylation sites is 2. The molecule has 2 amide bonds. The number of ether oxygens (including phenoxy) is 1. The molecule has 0 aliphatic carbocycles. The molecule has 2 N–H and O–H groups in total. The normalized spacial score (nSPS) is 11.4. The first kappa shape index (κ1) is 20.4. The number of amides is 2. The number of hydrogen-bond acceptors (Lipinski definition) is 3. The molecule has 0 aliphatic rings. The van der Waals surface area contributed by atoms with Crippen molar-refractivity contribution in [1.29, 1.82) is 0 Å². The zero-order valence-corrected chi connectivity index (χ0v) is 16.6. The van der Waals surface area contributed by atoms with Crippen molar-refractivity contribution in [2.24, 2.45) is 0 Å². The second kappa shape index (κ2) is 9.75. The topological polar surface area (TPSA) is 67.4 Å². The largest absolute Gasteiger partial charge is 0.483 e. The summed E-state index contributed by atoms with van der Waals surface area (Å²) in [5.74, 6) is -0.248.